The van der Waals surface area contributed by atoms with Gasteiger partial charge < -0.3 is 16.2 Å². The van der Waals surface area contributed by atoms with E-state index in [1.54, 1.807) is 0 Å². The van der Waals surface area contributed by atoms with Gasteiger partial charge >= 0.3 is 5.97 Å². The lowest BCUT2D eigenvalue weighted by Gasteiger charge is -2.13. The number of aromatic nitrogens is 2. The molecule has 0 aromatic carbocycles. The highest BCUT2D eigenvalue weighted by molar-refractivity contribution is 5.96. The average Bonchev–Trinajstić information content (AvgIpc) is 2.34. The zero-order valence-corrected chi connectivity index (χ0v) is 9.37. The van der Waals surface area contributed by atoms with E-state index >= 15 is 0 Å². The Hall–Kier alpha value is -2.51. The molecule has 0 radical (unpaired) electrons. The Kier molecular flexibility index (Phi) is 4.73. The van der Waals surface area contributed by atoms with Crippen LogP contribution in [0.25, 0.3) is 0 Å². The molecule has 1 rings (SSSR count). The van der Waals surface area contributed by atoms with Crippen molar-refractivity contribution in [2.45, 2.75) is 18.9 Å². The Balaban J connectivity index is 2.64. The summed E-state index contributed by atoms with van der Waals surface area (Å²) in [5.41, 5.74) is 5.06. The molecule has 8 heteroatoms. The molecule has 1 atom stereocenters. The maximum absolute atomic E-state index is 11.6. The van der Waals surface area contributed by atoms with Crippen LogP contribution in [0.15, 0.2) is 18.7 Å². The lowest BCUT2D eigenvalue weighted by molar-refractivity contribution is -0.139. The quantitative estimate of drug-likeness (QED) is 0.589. The molecule has 1 aromatic rings. The highest BCUT2D eigenvalue weighted by Gasteiger charge is 2.21. The number of nitrogens with one attached hydrogen (secondary N) is 1. The van der Waals surface area contributed by atoms with E-state index in [-0.39, 0.29) is 18.4 Å². The number of amides is 2. The van der Waals surface area contributed by atoms with Gasteiger partial charge in [0.2, 0.25) is 5.91 Å². The van der Waals surface area contributed by atoms with Crippen LogP contribution >= 0.6 is 0 Å². The van der Waals surface area contributed by atoms with Crippen molar-refractivity contribution in [1.29, 1.82) is 0 Å². The Morgan fingerprint density at radius 1 is 1.33 bits per heavy atom. The fraction of sp³-hybridized carbons (Fsp3) is 0.300. The number of carboxylic acid groups (broad SMARTS) is 1. The summed E-state index contributed by atoms with van der Waals surface area (Å²) >= 11 is 0. The summed E-state index contributed by atoms with van der Waals surface area (Å²) in [7, 11) is 0. The Bertz CT molecular complexity index is 448. The molecule has 0 spiro atoms. The second-order valence-corrected chi connectivity index (χ2v) is 3.50. The van der Waals surface area contributed by atoms with E-state index in [4.69, 9.17) is 10.8 Å². The summed E-state index contributed by atoms with van der Waals surface area (Å²) in [6.07, 6.45) is 3.58. The first-order chi connectivity index (χ1) is 8.50. The number of carboxylic acids is 1. The standard InChI is InChI=1S/C10H12N4O4/c11-8(15)2-1-7(10(17)18)14-9(16)6-3-12-5-13-4-6/h3-5,7H,1-2H2,(H2,11,15)(H,14,16)(H,17,18)/t7-/m1/s1. The number of primary amides is 1. The van der Waals surface area contributed by atoms with Gasteiger partial charge in [0, 0.05) is 18.8 Å². The van der Waals surface area contributed by atoms with Gasteiger partial charge in [-0.2, -0.15) is 0 Å². The van der Waals surface area contributed by atoms with E-state index in [0.717, 1.165) is 0 Å². The minimum atomic E-state index is -1.23. The summed E-state index contributed by atoms with van der Waals surface area (Å²) in [5, 5.41) is 11.1. The number of nitrogens with zero attached hydrogens (tertiary/aromatic N) is 2. The molecule has 0 saturated heterocycles. The molecule has 0 unspecified atom stereocenters. The monoisotopic (exact) mass is 252 g/mol. The van der Waals surface area contributed by atoms with Crippen molar-refractivity contribution >= 4 is 17.8 Å². The van der Waals surface area contributed by atoms with Crippen LogP contribution in [0.3, 0.4) is 0 Å². The van der Waals surface area contributed by atoms with Crippen LogP contribution in [0.2, 0.25) is 0 Å². The summed E-state index contributed by atoms with van der Waals surface area (Å²) < 4.78 is 0. The highest BCUT2D eigenvalue weighted by Crippen LogP contribution is 2.00. The molecule has 18 heavy (non-hydrogen) atoms. The Labute approximate surface area is 102 Å². The lowest BCUT2D eigenvalue weighted by atomic mass is 10.1. The zero-order valence-electron chi connectivity index (χ0n) is 9.37. The van der Waals surface area contributed by atoms with Gasteiger partial charge in [-0.05, 0) is 6.42 Å². The Morgan fingerprint density at radius 3 is 2.44 bits per heavy atom. The van der Waals surface area contributed by atoms with Crippen molar-refractivity contribution in [2.24, 2.45) is 5.73 Å². The summed E-state index contributed by atoms with van der Waals surface area (Å²) in [4.78, 5) is 40.4. The normalized spacial score (nSPS) is 11.6. The van der Waals surface area contributed by atoms with E-state index in [1.807, 2.05) is 0 Å². The van der Waals surface area contributed by atoms with E-state index in [2.05, 4.69) is 15.3 Å². The molecule has 1 heterocycles. The van der Waals surface area contributed by atoms with Gasteiger partial charge in [-0.3, -0.25) is 9.59 Å². The first-order valence-electron chi connectivity index (χ1n) is 5.07. The summed E-state index contributed by atoms with van der Waals surface area (Å²) in [6, 6.07) is -1.18. The van der Waals surface area contributed by atoms with E-state index in [0.29, 0.717) is 0 Å². The predicted molar refractivity (Wildman–Crippen MR) is 59.4 cm³/mol. The summed E-state index contributed by atoms with van der Waals surface area (Å²) in [6.45, 7) is 0. The second kappa shape index (κ2) is 6.28. The van der Waals surface area contributed by atoms with Crippen LogP contribution < -0.4 is 11.1 Å². The molecular formula is C10H12N4O4. The predicted octanol–water partition coefficient (Wildman–Crippen LogP) is -1.07. The van der Waals surface area contributed by atoms with Crippen molar-refractivity contribution < 1.29 is 19.5 Å². The molecule has 0 aliphatic rings. The third kappa shape index (κ3) is 4.16. The fourth-order valence-electron chi connectivity index (χ4n) is 1.20. The zero-order chi connectivity index (χ0) is 13.5. The van der Waals surface area contributed by atoms with Gasteiger partial charge in [0.1, 0.15) is 12.4 Å². The van der Waals surface area contributed by atoms with E-state index < -0.39 is 23.8 Å². The first-order valence-corrected chi connectivity index (χ1v) is 5.07. The number of carbonyl (C=O) groups is 3. The third-order valence-corrected chi connectivity index (χ3v) is 2.11. The maximum atomic E-state index is 11.6. The SMILES string of the molecule is NC(=O)CC[C@@H](NC(=O)c1cncnc1)C(=O)O. The van der Waals surface area contributed by atoms with Crippen LogP contribution in [0, 0.1) is 0 Å². The largest absolute Gasteiger partial charge is 0.480 e. The van der Waals surface area contributed by atoms with Crippen LogP contribution in [0.5, 0.6) is 0 Å². The molecule has 0 aliphatic carbocycles. The minimum Gasteiger partial charge on any atom is -0.480 e. The molecule has 96 valence electrons. The number of hydrogen-bond acceptors (Lipinski definition) is 5. The molecule has 0 saturated carbocycles. The Morgan fingerprint density at radius 2 is 1.94 bits per heavy atom. The highest BCUT2D eigenvalue weighted by atomic mass is 16.4. The van der Waals surface area contributed by atoms with Crippen LogP contribution in [-0.4, -0.2) is 38.9 Å². The molecule has 4 N–H and O–H groups in total. The van der Waals surface area contributed by atoms with Gasteiger partial charge in [0.25, 0.3) is 5.91 Å². The van der Waals surface area contributed by atoms with E-state index in [1.165, 1.54) is 18.7 Å². The van der Waals surface area contributed by atoms with Crippen molar-refractivity contribution in [1.82, 2.24) is 15.3 Å². The third-order valence-electron chi connectivity index (χ3n) is 2.11. The molecule has 1 aromatic heterocycles. The number of carbonyl (C=O) groups excluding carboxylic acids is 2. The van der Waals surface area contributed by atoms with Gasteiger partial charge in [0.05, 0.1) is 5.56 Å². The molecule has 2 amide bonds. The minimum absolute atomic E-state index is 0.0654. The lowest BCUT2D eigenvalue weighted by Crippen LogP contribution is -2.41. The molecule has 0 aliphatic heterocycles. The average molecular weight is 252 g/mol. The van der Waals surface area contributed by atoms with Crippen molar-refractivity contribution in [3.8, 4) is 0 Å². The van der Waals surface area contributed by atoms with Gasteiger partial charge in [-0.1, -0.05) is 0 Å². The molecule has 0 fully saturated rings. The smallest absolute Gasteiger partial charge is 0.326 e. The number of rotatable bonds is 6. The van der Waals surface area contributed by atoms with Crippen molar-refractivity contribution in [2.75, 3.05) is 0 Å². The number of hydrogen-bond donors (Lipinski definition) is 3. The van der Waals surface area contributed by atoms with Crippen molar-refractivity contribution in [3.05, 3.63) is 24.3 Å². The van der Waals surface area contributed by atoms with Gasteiger partial charge in [0.15, 0.2) is 0 Å². The van der Waals surface area contributed by atoms with Gasteiger partial charge in [-0.25, -0.2) is 14.8 Å². The summed E-state index contributed by atoms with van der Waals surface area (Å²) in [5.74, 6) is -2.48. The fourth-order valence-corrected chi connectivity index (χ4v) is 1.20. The van der Waals surface area contributed by atoms with Crippen LogP contribution in [0.1, 0.15) is 23.2 Å². The van der Waals surface area contributed by atoms with Crippen LogP contribution in [0.4, 0.5) is 0 Å². The first kappa shape index (κ1) is 13.6. The molecular weight excluding hydrogens is 240 g/mol. The molecule has 0 bridgehead atoms. The van der Waals surface area contributed by atoms with Crippen LogP contribution in [-0.2, 0) is 9.59 Å². The van der Waals surface area contributed by atoms with Gasteiger partial charge in [-0.15, -0.1) is 0 Å². The van der Waals surface area contributed by atoms with Crippen molar-refractivity contribution in [3.63, 3.8) is 0 Å². The second-order valence-electron chi connectivity index (χ2n) is 3.50. The number of nitrogens with two attached hydrogens (primary N) is 1. The topological polar surface area (TPSA) is 135 Å². The number of aliphatic carboxylic acids is 1. The maximum Gasteiger partial charge on any atom is 0.326 e. The molecule has 8 nitrogen and oxygen atoms in total. The van der Waals surface area contributed by atoms with E-state index in [9.17, 15) is 14.4 Å².